The van der Waals surface area contributed by atoms with Gasteiger partial charge in [0, 0.05) is 44.2 Å². The van der Waals surface area contributed by atoms with Gasteiger partial charge in [-0.3, -0.25) is 4.79 Å². The SMILES string of the molecule is CCSc1ccccc1C(=O)Nc1cc(S(=O)(=O)N(CC)CC)ccc1N1CCN(C)CC1. The van der Waals surface area contributed by atoms with Crippen LogP contribution in [-0.2, 0) is 10.0 Å². The summed E-state index contributed by atoms with van der Waals surface area (Å²) in [7, 11) is -1.56. The highest BCUT2D eigenvalue weighted by Crippen LogP contribution is 2.32. The zero-order chi connectivity index (χ0) is 24.0. The lowest BCUT2D eigenvalue weighted by Gasteiger charge is -2.35. The van der Waals surface area contributed by atoms with Gasteiger partial charge in [0.05, 0.1) is 21.8 Å². The second-order valence-corrected chi connectivity index (χ2v) is 11.2. The molecular formula is C24H34N4O3S2. The van der Waals surface area contributed by atoms with Gasteiger partial charge in [-0.1, -0.05) is 32.9 Å². The molecule has 1 saturated heterocycles. The number of amides is 1. The summed E-state index contributed by atoms with van der Waals surface area (Å²) in [6.45, 7) is 9.91. The van der Waals surface area contributed by atoms with Crippen LogP contribution in [-0.4, -0.2) is 75.6 Å². The standard InChI is InChI=1S/C24H34N4O3S2/c1-5-28(6-2)33(30,31)19-12-13-22(27-16-14-26(4)15-17-27)21(18-19)25-24(29)20-10-8-9-11-23(20)32-7-3/h8-13,18H,5-7,14-17H2,1-4H3,(H,25,29). The molecule has 0 aliphatic carbocycles. The average Bonchev–Trinajstić information content (AvgIpc) is 2.81. The van der Waals surface area contributed by atoms with E-state index in [4.69, 9.17) is 0 Å². The smallest absolute Gasteiger partial charge is 0.256 e. The molecule has 33 heavy (non-hydrogen) atoms. The van der Waals surface area contributed by atoms with Crippen LogP contribution in [0.25, 0.3) is 0 Å². The van der Waals surface area contributed by atoms with E-state index in [1.54, 1.807) is 30.0 Å². The average molecular weight is 491 g/mol. The number of hydrogen-bond donors (Lipinski definition) is 1. The fourth-order valence-corrected chi connectivity index (χ4v) is 6.22. The van der Waals surface area contributed by atoms with Gasteiger partial charge in [-0.2, -0.15) is 4.31 Å². The highest BCUT2D eigenvalue weighted by atomic mass is 32.2. The van der Waals surface area contributed by atoms with Crippen molar-refractivity contribution in [1.29, 1.82) is 0 Å². The largest absolute Gasteiger partial charge is 0.367 e. The molecule has 0 aromatic heterocycles. The summed E-state index contributed by atoms with van der Waals surface area (Å²) in [4.78, 5) is 18.9. The zero-order valence-electron chi connectivity index (χ0n) is 19.9. The Morgan fingerprint density at radius 2 is 1.70 bits per heavy atom. The molecule has 1 aliphatic rings. The molecule has 180 valence electrons. The van der Waals surface area contributed by atoms with Crippen molar-refractivity contribution in [1.82, 2.24) is 9.21 Å². The Bertz CT molecular complexity index is 1060. The van der Waals surface area contributed by atoms with E-state index in [1.165, 1.54) is 4.31 Å². The van der Waals surface area contributed by atoms with Gasteiger partial charge in [0.25, 0.3) is 5.91 Å². The third-order valence-corrected chi connectivity index (χ3v) is 8.84. The minimum absolute atomic E-state index is 0.190. The van der Waals surface area contributed by atoms with E-state index in [0.29, 0.717) is 24.3 Å². The first kappa shape index (κ1) is 25.6. The first-order valence-corrected chi connectivity index (χ1v) is 13.8. The number of benzene rings is 2. The van der Waals surface area contributed by atoms with Crippen LogP contribution in [0.4, 0.5) is 11.4 Å². The van der Waals surface area contributed by atoms with E-state index in [9.17, 15) is 13.2 Å². The van der Waals surface area contributed by atoms with E-state index < -0.39 is 10.0 Å². The van der Waals surface area contributed by atoms with Crippen LogP contribution in [0.5, 0.6) is 0 Å². The van der Waals surface area contributed by atoms with Crippen molar-refractivity contribution >= 4 is 39.1 Å². The molecule has 0 bridgehead atoms. The maximum atomic E-state index is 13.3. The maximum absolute atomic E-state index is 13.3. The van der Waals surface area contributed by atoms with E-state index in [-0.39, 0.29) is 10.8 Å². The van der Waals surface area contributed by atoms with Gasteiger partial charge in [-0.25, -0.2) is 8.42 Å². The molecule has 2 aromatic rings. The molecule has 1 fully saturated rings. The number of thioether (sulfide) groups is 1. The second kappa shape index (κ2) is 11.4. The second-order valence-electron chi connectivity index (χ2n) is 7.94. The maximum Gasteiger partial charge on any atom is 0.256 e. The number of nitrogens with one attached hydrogen (secondary N) is 1. The van der Waals surface area contributed by atoms with Crippen molar-refractivity contribution in [3.63, 3.8) is 0 Å². The van der Waals surface area contributed by atoms with Gasteiger partial charge < -0.3 is 15.1 Å². The number of piperazine rings is 1. The van der Waals surface area contributed by atoms with Gasteiger partial charge in [0.15, 0.2) is 0 Å². The first-order valence-electron chi connectivity index (χ1n) is 11.4. The quantitative estimate of drug-likeness (QED) is 0.539. The number of rotatable bonds is 9. The fraction of sp³-hybridized carbons (Fsp3) is 0.458. The minimum Gasteiger partial charge on any atom is -0.367 e. The molecule has 1 heterocycles. The summed E-state index contributed by atoms with van der Waals surface area (Å²) in [5.41, 5.74) is 1.95. The van der Waals surface area contributed by atoms with Crippen molar-refractivity contribution in [2.75, 3.05) is 62.3 Å². The van der Waals surface area contributed by atoms with E-state index in [1.807, 2.05) is 45.0 Å². The Hall–Kier alpha value is -2.07. The minimum atomic E-state index is -3.65. The molecule has 0 atom stereocenters. The Kier molecular flexibility index (Phi) is 8.81. The molecule has 0 saturated carbocycles. The molecule has 0 spiro atoms. The van der Waals surface area contributed by atoms with E-state index >= 15 is 0 Å². The third-order valence-electron chi connectivity index (χ3n) is 5.83. The molecule has 2 aromatic carbocycles. The number of likely N-dealkylation sites (N-methyl/N-ethyl adjacent to an activating group) is 1. The van der Waals surface area contributed by atoms with Crippen LogP contribution in [0.2, 0.25) is 0 Å². The molecular weight excluding hydrogens is 456 g/mol. The van der Waals surface area contributed by atoms with Crippen LogP contribution < -0.4 is 10.2 Å². The van der Waals surface area contributed by atoms with Crippen molar-refractivity contribution in [2.45, 2.75) is 30.6 Å². The van der Waals surface area contributed by atoms with Gasteiger partial charge in [0.2, 0.25) is 10.0 Å². The highest BCUT2D eigenvalue weighted by molar-refractivity contribution is 7.99. The van der Waals surface area contributed by atoms with Crippen LogP contribution in [0.15, 0.2) is 52.3 Å². The van der Waals surface area contributed by atoms with Crippen LogP contribution in [0, 0.1) is 0 Å². The summed E-state index contributed by atoms with van der Waals surface area (Å²) < 4.78 is 27.8. The summed E-state index contributed by atoms with van der Waals surface area (Å²) in [5, 5.41) is 3.03. The highest BCUT2D eigenvalue weighted by Gasteiger charge is 2.25. The fourth-order valence-electron chi connectivity index (χ4n) is 3.94. The Morgan fingerprint density at radius 3 is 2.33 bits per heavy atom. The molecule has 1 N–H and O–H groups in total. The molecule has 1 amide bonds. The van der Waals surface area contributed by atoms with Gasteiger partial charge >= 0.3 is 0 Å². The van der Waals surface area contributed by atoms with Gasteiger partial charge in [-0.15, -0.1) is 11.8 Å². The lowest BCUT2D eigenvalue weighted by Crippen LogP contribution is -2.44. The van der Waals surface area contributed by atoms with Crippen molar-refractivity contribution in [3.8, 4) is 0 Å². The van der Waals surface area contributed by atoms with Gasteiger partial charge in [0.1, 0.15) is 0 Å². The summed E-state index contributed by atoms with van der Waals surface area (Å²) >= 11 is 1.61. The zero-order valence-corrected chi connectivity index (χ0v) is 21.5. The number of carbonyl (C=O) groups excluding carboxylic acids is 1. The van der Waals surface area contributed by atoms with E-state index in [2.05, 4.69) is 22.2 Å². The van der Waals surface area contributed by atoms with Crippen LogP contribution >= 0.6 is 11.8 Å². The summed E-state index contributed by atoms with van der Waals surface area (Å²) in [5.74, 6) is 0.619. The normalized spacial score (nSPS) is 15.1. The van der Waals surface area contributed by atoms with Crippen LogP contribution in [0.1, 0.15) is 31.1 Å². The van der Waals surface area contributed by atoms with E-state index in [0.717, 1.165) is 42.5 Å². The van der Waals surface area contributed by atoms with Crippen molar-refractivity contribution < 1.29 is 13.2 Å². The predicted molar refractivity (Wildman–Crippen MR) is 137 cm³/mol. The Labute approximate surface area is 202 Å². The third kappa shape index (κ3) is 5.90. The number of hydrogen-bond acceptors (Lipinski definition) is 6. The number of nitrogens with zero attached hydrogens (tertiary/aromatic N) is 3. The number of anilines is 2. The van der Waals surface area contributed by atoms with Crippen molar-refractivity contribution in [3.05, 3.63) is 48.0 Å². The molecule has 7 nitrogen and oxygen atoms in total. The first-order chi connectivity index (χ1) is 15.8. The molecule has 0 radical (unpaired) electrons. The lowest BCUT2D eigenvalue weighted by atomic mass is 10.1. The number of sulfonamides is 1. The molecule has 3 rings (SSSR count). The Balaban J connectivity index is 2.01. The summed E-state index contributed by atoms with van der Waals surface area (Å²) in [6, 6.07) is 12.6. The lowest BCUT2D eigenvalue weighted by molar-refractivity contribution is 0.102. The topological polar surface area (TPSA) is 73.0 Å². The summed E-state index contributed by atoms with van der Waals surface area (Å²) in [6.07, 6.45) is 0. The van der Waals surface area contributed by atoms with Gasteiger partial charge in [-0.05, 0) is 43.1 Å². The Morgan fingerprint density at radius 1 is 1.03 bits per heavy atom. The van der Waals surface area contributed by atoms with Crippen molar-refractivity contribution in [2.24, 2.45) is 0 Å². The van der Waals surface area contributed by atoms with Crippen LogP contribution in [0.3, 0.4) is 0 Å². The number of carbonyl (C=O) groups is 1. The molecule has 0 unspecified atom stereocenters. The molecule has 9 heteroatoms. The predicted octanol–water partition coefficient (Wildman–Crippen LogP) is 3.83. The monoisotopic (exact) mass is 490 g/mol. The molecule has 1 aliphatic heterocycles.